The Kier molecular flexibility index (Phi) is 14.3. The molecule has 5 rings (SSSR count). The number of phosphoric ester groups is 1. The number of aliphatic hydroxyl groups is 2. The number of carbonyl (C=O) groups excluding carboxylic acids is 2. The van der Waals surface area contributed by atoms with Crippen LogP contribution >= 0.6 is 35.2 Å². The standard InChI is InChI=1S/C26H43N8O15P3S/c35-18(8-4-3-7-17-19-15(12-53-17)32-26(38)33-19)27-9-5-1-2-6-10-28-23-20-24(30-13-29-23)34(14-31-20)25-22(37)21(36)16(47-25)11-46-51(42,43)49-52(44,45)48-50(39,40)41/h13-17,19,21-22,25,36-37H,1-12H2,(H,27,35)(H,42,43)(H,44,45)(H,28,29,30)(H2,32,33,38)(H2,39,40,41)/t15-,16+,17-,19-,21+,22+,25+/m0/s1. The Balaban J connectivity index is 0.980. The van der Waals surface area contributed by atoms with E-state index < -0.39 is 54.6 Å². The summed E-state index contributed by atoms with van der Waals surface area (Å²) in [4.78, 5) is 72.7. The Labute approximate surface area is 306 Å². The zero-order chi connectivity index (χ0) is 38.4. The Bertz CT molecular complexity index is 1740. The molecule has 23 nitrogen and oxygen atoms in total. The van der Waals surface area contributed by atoms with Crippen molar-refractivity contribution in [3.8, 4) is 0 Å². The van der Waals surface area contributed by atoms with Crippen molar-refractivity contribution in [3.63, 3.8) is 0 Å². The molecule has 0 bridgehead atoms. The first kappa shape index (κ1) is 41.9. The fraction of sp³-hybridized carbons (Fsp3) is 0.731. The number of thioether (sulfide) groups is 1. The smallest absolute Gasteiger partial charge is 0.387 e. The van der Waals surface area contributed by atoms with Gasteiger partial charge in [0.15, 0.2) is 23.2 Å². The van der Waals surface area contributed by atoms with Gasteiger partial charge in [-0.3, -0.25) is 13.9 Å². The molecule has 0 saturated carbocycles. The number of unbranched alkanes of at least 4 members (excludes halogenated alkanes) is 4. The molecule has 9 atom stereocenters. The number of nitrogens with zero attached hydrogens (tertiary/aromatic N) is 4. The van der Waals surface area contributed by atoms with Crippen LogP contribution in [0.4, 0.5) is 10.6 Å². The Morgan fingerprint density at radius 1 is 0.962 bits per heavy atom. The quantitative estimate of drug-likeness (QED) is 0.0468. The lowest BCUT2D eigenvalue weighted by Crippen LogP contribution is -2.36. The minimum Gasteiger partial charge on any atom is -0.387 e. The Morgan fingerprint density at radius 3 is 2.47 bits per heavy atom. The van der Waals surface area contributed by atoms with Crippen molar-refractivity contribution < 1.29 is 71.0 Å². The Morgan fingerprint density at radius 2 is 1.72 bits per heavy atom. The lowest BCUT2D eigenvalue weighted by molar-refractivity contribution is -0.121. The number of aliphatic hydroxyl groups excluding tert-OH is 2. The number of aromatic nitrogens is 4. The topological polar surface area (TPSA) is 335 Å². The van der Waals surface area contributed by atoms with Crippen molar-refractivity contribution in [3.05, 3.63) is 12.7 Å². The van der Waals surface area contributed by atoms with Crippen LogP contribution in [0.5, 0.6) is 0 Å². The van der Waals surface area contributed by atoms with E-state index in [4.69, 9.17) is 14.5 Å². The second-order valence-electron chi connectivity index (χ2n) is 12.5. The summed E-state index contributed by atoms with van der Waals surface area (Å²) in [7, 11) is -16.8. The van der Waals surface area contributed by atoms with Crippen LogP contribution < -0.4 is 21.3 Å². The van der Waals surface area contributed by atoms with Crippen LogP contribution in [0.1, 0.15) is 57.6 Å². The molecular formula is C26H43N8O15P3S. The molecule has 0 radical (unpaired) electrons. The summed E-state index contributed by atoms with van der Waals surface area (Å²) in [5.74, 6) is 1.36. The Hall–Kier alpha value is -2.27. The zero-order valence-electron chi connectivity index (χ0n) is 28.1. The van der Waals surface area contributed by atoms with Crippen molar-refractivity contribution in [2.75, 3.05) is 30.8 Å². The van der Waals surface area contributed by atoms with Crippen LogP contribution in [-0.4, -0.2) is 122 Å². The molecule has 53 heavy (non-hydrogen) atoms. The van der Waals surface area contributed by atoms with Crippen molar-refractivity contribution in [1.29, 1.82) is 0 Å². The lowest BCUT2D eigenvalue weighted by atomic mass is 10.0. The van der Waals surface area contributed by atoms with E-state index in [0.29, 0.717) is 36.1 Å². The van der Waals surface area contributed by atoms with Crippen LogP contribution in [-0.2, 0) is 36.4 Å². The molecule has 2 aromatic heterocycles. The molecule has 27 heteroatoms. The number of urea groups is 1. The molecule has 0 aliphatic carbocycles. The van der Waals surface area contributed by atoms with Gasteiger partial charge in [0.05, 0.1) is 25.0 Å². The number of imidazole rings is 1. The maximum atomic E-state index is 12.2. The summed E-state index contributed by atoms with van der Waals surface area (Å²) in [5, 5.41) is 33.6. The van der Waals surface area contributed by atoms with E-state index in [-0.39, 0.29) is 29.7 Å². The van der Waals surface area contributed by atoms with Gasteiger partial charge in [-0.05, 0) is 25.7 Å². The molecule has 3 saturated heterocycles. The van der Waals surface area contributed by atoms with Crippen LogP contribution in [0.25, 0.3) is 11.2 Å². The zero-order valence-corrected chi connectivity index (χ0v) is 31.6. The summed E-state index contributed by atoms with van der Waals surface area (Å²) in [6, 6.07) is 0.289. The van der Waals surface area contributed by atoms with E-state index in [0.717, 1.165) is 50.7 Å². The van der Waals surface area contributed by atoms with Gasteiger partial charge in [0.25, 0.3) is 0 Å². The van der Waals surface area contributed by atoms with Gasteiger partial charge in [-0.15, -0.1) is 0 Å². The van der Waals surface area contributed by atoms with Gasteiger partial charge in [-0.2, -0.15) is 20.4 Å². The molecule has 3 amide bonds. The number of rotatable bonds is 21. The number of ether oxygens (including phenoxy) is 1. The van der Waals surface area contributed by atoms with Gasteiger partial charge in [-0.1, -0.05) is 19.3 Å². The van der Waals surface area contributed by atoms with E-state index in [1.807, 2.05) is 11.8 Å². The van der Waals surface area contributed by atoms with Gasteiger partial charge >= 0.3 is 29.5 Å². The normalized spacial score (nSPS) is 27.9. The summed E-state index contributed by atoms with van der Waals surface area (Å²) in [6.07, 6.45) is 3.02. The third-order valence-electron chi connectivity index (χ3n) is 8.59. The maximum Gasteiger partial charge on any atom is 0.490 e. The number of amides is 3. The number of fused-ring (bicyclic) bond motifs is 2. The average Bonchev–Trinajstić information content (AvgIpc) is 3.82. The van der Waals surface area contributed by atoms with Crippen LogP contribution in [0.2, 0.25) is 0 Å². The second kappa shape index (κ2) is 18.1. The van der Waals surface area contributed by atoms with E-state index in [1.54, 1.807) is 0 Å². The lowest BCUT2D eigenvalue weighted by Gasteiger charge is -2.19. The predicted octanol–water partition coefficient (Wildman–Crippen LogP) is 0.603. The molecule has 2 unspecified atom stereocenters. The fourth-order valence-electron chi connectivity index (χ4n) is 6.14. The van der Waals surface area contributed by atoms with Crippen molar-refractivity contribution in [2.45, 2.75) is 93.2 Å². The maximum absolute atomic E-state index is 12.2. The molecule has 0 spiro atoms. The number of hydrogen-bond donors (Lipinski definition) is 10. The molecular weight excluding hydrogens is 789 g/mol. The first-order valence-electron chi connectivity index (χ1n) is 16.7. The summed E-state index contributed by atoms with van der Waals surface area (Å²) >= 11 is 1.87. The third-order valence-corrected chi connectivity index (χ3v) is 13.9. The van der Waals surface area contributed by atoms with E-state index in [9.17, 15) is 43.3 Å². The fourth-order valence-corrected chi connectivity index (χ4v) is 10.7. The van der Waals surface area contributed by atoms with Gasteiger partial charge in [0.2, 0.25) is 5.91 Å². The predicted molar refractivity (Wildman–Crippen MR) is 185 cm³/mol. The molecule has 10 N–H and O–H groups in total. The largest absolute Gasteiger partial charge is 0.490 e. The minimum atomic E-state index is -5.75. The molecule has 3 aliphatic rings. The monoisotopic (exact) mass is 832 g/mol. The van der Waals surface area contributed by atoms with Gasteiger partial charge in [0.1, 0.15) is 24.6 Å². The van der Waals surface area contributed by atoms with Gasteiger partial charge < -0.3 is 55.8 Å². The van der Waals surface area contributed by atoms with Crippen molar-refractivity contribution >= 4 is 64.2 Å². The average molecular weight is 833 g/mol. The first-order valence-corrected chi connectivity index (χ1v) is 22.3. The minimum absolute atomic E-state index is 0.0374. The summed E-state index contributed by atoms with van der Waals surface area (Å²) in [5.41, 5.74) is 0.541. The van der Waals surface area contributed by atoms with Gasteiger partial charge in [-0.25, -0.2) is 33.4 Å². The SMILES string of the molecule is O=C(CCCC[C@@H]1SC[C@@H]2NC(=O)N[C@@H]21)NCCCCCCNc1ncnc2c1ncn2[C@@H]1O[C@H](COP(=O)(O)OP(=O)(O)OP(=O)(O)O)[C@@H](O)[C@H]1O. The van der Waals surface area contributed by atoms with Crippen molar-refractivity contribution in [1.82, 2.24) is 35.5 Å². The number of hydrogen-bond acceptors (Lipinski definition) is 16. The summed E-state index contributed by atoms with van der Waals surface area (Å²) < 4.78 is 53.2. The number of carbonyl (C=O) groups is 2. The number of anilines is 1. The molecule has 0 aromatic carbocycles. The summed E-state index contributed by atoms with van der Waals surface area (Å²) in [6.45, 7) is 0.177. The highest BCUT2D eigenvalue weighted by Gasteiger charge is 2.47. The van der Waals surface area contributed by atoms with E-state index >= 15 is 0 Å². The molecule has 298 valence electrons. The highest BCUT2D eigenvalue weighted by atomic mass is 32.2. The third kappa shape index (κ3) is 11.9. The molecule has 3 aliphatic heterocycles. The highest BCUT2D eigenvalue weighted by molar-refractivity contribution is 8.00. The second-order valence-corrected chi connectivity index (χ2v) is 18.2. The van der Waals surface area contributed by atoms with E-state index in [1.165, 1.54) is 17.2 Å². The number of nitrogens with one attached hydrogen (secondary N) is 4. The van der Waals surface area contributed by atoms with Crippen molar-refractivity contribution in [2.24, 2.45) is 0 Å². The first-order chi connectivity index (χ1) is 25.0. The van der Waals surface area contributed by atoms with Crippen LogP contribution in [0.3, 0.4) is 0 Å². The molecule has 2 aromatic rings. The van der Waals surface area contributed by atoms with E-state index in [2.05, 4.69) is 49.4 Å². The molecule has 5 heterocycles. The highest BCUT2D eigenvalue weighted by Crippen LogP contribution is 2.66. The van der Waals surface area contributed by atoms with Gasteiger partial charge in [0, 0.05) is 30.5 Å². The molecule has 3 fully saturated rings. The van der Waals surface area contributed by atoms with Crippen LogP contribution in [0, 0.1) is 0 Å². The number of phosphoric acid groups is 3. The van der Waals surface area contributed by atoms with Crippen LogP contribution in [0.15, 0.2) is 12.7 Å².